The van der Waals surface area contributed by atoms with Crippen molar-refractivity contribution in [3.63, 3.8) is 0 Å². The zero-order valence-electron chi connectivity index (χ0n) is 21.0. The fourth-order valence-corrected chi connectivity index (χ4v) is 4.61. The van der Waals surface area contributed by atoms with Crippen LogP contribution in [0.1, 0.15) is 46.0 Å². The molecule has 1 aliphatic rings. The molecular weight excluding hydrogens is 504 g/mol. The molecule has 0 saturated carbocycles. The highest BCUT2D eigenvalue weighted by Crippen LogP contribution is 2.30. The predicted molar refractivity (Wildman–Crippen MR) is 141 cm³/mol. The van der Waals surface area contributed by atoms with E-state index in [4.69, 9.17) is 13.9 Å². The second-order valence-electron chi connectivity index (χ2n) is 8.88. The second-order valence-corrected chi connectivity index (χ2v) is 8.88. The maximum Gasteiger partial charge on any atom is 0.411 e. The standard InChI is InChI=1S/C29H24N2O8/c1-2-37-29(36)30-19-11-12-20-18(14-25(33)39-23(20)15-19)16-38-24(32)10-5-13-31-27(34)21-8-3-6-17-7-4-9-22(26(17)21)28(31)35/h3-4,6-9,11-12,14-15H,2,5,10,13,16H2,1H3,(H,30,36). The summed E-state index contributed by atoms with van der Waals surface area (Å²) in [6.45, 7) is 1.77. The molecule has 0 atom stereocenters. The van der Waals surface area contributed by atoms with Gasteiger partial charge in [-0.15, -0.1) is 0 Å². The fourth-order valence-electron chi connectivity index (χ4n) is 4.61. The largest absolute Gasteiger partial charge is 0.461 e. The first-order valence-electron chi connectivity index (χ1n) is 12.4. The van der Waals surface area contributed by atoms with Gasteiger partial charge >= 0.3 is 17.7 Å². The summed E-state index contributed by atoms with van der Waals surface area (Å²) >= 11 is 0. The van der Waals surface area contributed by atoms with E-state index >= 15 is 0 Å². The summed E-state index contributed by atoms with van der Waals surface area (Å²) in [4.78, 5) is 63.3. The number of nitrogens with zero attached hydrogens (tertiary/aromatic N) is 1. The minimum Gasteiger partial charge on any atom is -0.461 e. The summed E-state index contributed by atoms with van der Waals surface area (Å²) in [5.41, 5.74) is 1.29. The minimum absolute atomic E-state index is 0.0319. The zero-order valence-corrected chi connectivity index (χ0v) is 21.0. The molecule has 3 amide bonds. The normalized spacial score (nSPS) is 12.6. The van der Waals surface area contributed by atoms with Crippen LogP contribution in [0.25, 0.3) is 21.7 Å². The van der Waals surface area contributed by atoms with Gasteiger partial charge in [-0.1, -0.05) is 24.3 Å². The molecule has 2 heterocycles. The third-order valence-corrected chi connectivity index (χ3v) is 6.36. The van der Waals surface area contributed by atoms with Gasteiger partial charge in [-0.3, -0.25) is 24.6 Å². The van der Waals surface area contributed by atoms with Gasteiger partial charge in [0.25, 0.3) is 11.8 Å². The average molecular weight is 529 g/mol. The van der Waals surface area contributed by atoms with Gasteiger partial charge in [0, 0.05) is 58.2 Å². The molecule has 0 aliphatic carbocycles. The molecule has 0 unspecified atom stereocenters. The predicted octanol–water partition coefficient (Wildman–Crippen LogP) is 4.63. The van der Waals surface area contributed by atoms with Crippen molar-refractivity contribution >= 4 is 51.3 Å². The summed E-state index contributed by atoms with van der Waals surface area (Å²) in [6, 6.07) is 16.6. The minimum atomic E-state index is -0.640. The van der Waals surface area contributed by atoms with Crippen molar-refractivity contribution in [3.8, 4) is 0 Å². The van der Waals surface area contributed by atoms with Crippen molar-refractivity contribution in [2.24, 2.45) is 0 Å². The smallest absolute Gasteiger partial charge is 0.411 e. The summed E-state index contributed by atoms with van der Waals surface area (Å²) in [7, 11) is 0. The Hall–Kier alpha value is -4.99. The summed E-state index contributed by atoms with van der Waals surface area (Å²) in [5.74, 6) is -1.33. The molecule has 10 nitrogen and oxygen atoms in total. The van der Waals surface area contributed by atoms with E-state index in [0.29, 0.717) is 33.2 Å². The molecule has 0 spiro atoms. The van der Waals surface area contributed by atoms with E-state index < -0.39 is 29.5 Å². The number of anilines is 1. The Labute approximate surface area is 222 Å². The van der Waals surface area contributed by atoms with E-state index in [1.54, 1.807) is 43.3 Å². The number of carbonyl (C=O) groups excluding carboxylic acids is 4. The highest BCUT2D eigenvalue weighted by molar-refractivity contribution is 6.25. The topological polar surface area (TPSA) is 132 Å². The number of imide groups is 1. The van der Waals surface area contributed by atoms with Crippen LogP contribution in [0.5, 0.6) is 0 Å². The molecule has 3 aromatic carbocycles. The quantitative estimate of drug-likeness (QED) is 0.199. The van der Waals surface area contributed by atoms with E-state index in [9.17, 15) is 24.0 Å². The zero-order chi connectivity index (χ0) is 27.5. The molecule has 0 bridgehead atoms. The number of hydrogen-bond donors (Lipinski definition) is 1. The van der Waals surface area contributed by atoms with Crippen molar-refractivity contribution < 1.29 is 33.1 Å². The third-order valence-electron chi connectivity index (χ3n) is 6.36. The molecule has 10 heteroatoms. The van der Waals surface area contributed by atoms with Crippen LogP contribution in [0, 0.1) is 0 Å². The Morgan fingerprint density at radius 1 is 0.923 bits per heavy atom. The van der Waals surface area contributed by atoms with Crippen LogP contribution in [0.4, 0.5) is 10.5 Å². The van der Waals surface area contributed by atoms with Gasteiger partial charge in [0.15, 0.2) is 0 Å². The summed E-state index contributed by atoms with van der Waals surface area (Å²) in [6.07, 6.45) is -0.455. The van der Waals surface area contributed by atoms with Crippen LogP contribution in [0.15, 0.2) is 69.9 Å². The van der Waals surface area contributed by atoms with Crippen LogP contribution >= 0.6 is 0 Å². The molecule has 0 saturated heterocycles. The number of esters is 1. The lowest BCUT2D eigenvalue weighted by molar-refractivity contribution is -0.145. The lowest BCUT2D eigenvalue weighted by atomic mass is 9.94. The Bertz CT molecular complexity index is 1640. The highest BCUT2D eigenvalue weighted by atomic mass is 16.5. The van der Waals surface area contributed by atoms with Crippen LogP contribution in [0.2, 0.25) is 0 Å². The molecule has 4 aromatic rings. The number of rotatable bonds is 8. The van der Waals surface area contributed by atoms with Gasteiger partial charge in [0.2, 0.25) is 0 Å². The molecule has 1 N–H and O–H groups in total. The fraction of sp³-hybridized carbons (Fsp3) is 0.207. The number of benzene rings is 3. The van der Waals surface area contributed by atoms with E-state index in [0.717, 1.165) is 10.3 Å². The highest BCUT2D eigenvalue weighted by Gasteiger charge is 2.32. The Morgan fingerprint density at radius 3 is 2.33 bits per heavy atom. The first-order valence-corrected chi connectivity index (χ1v) is 12.4. The van der Waals surface area contributed by atoms with Crippen molar-refractivity contribution in [2.75, 3.05) is 18.5 Å². The monoisotopic (exact) mass is 528 g/mol. The number of fused-ring (bicyclic) bond motifs is 1. The molecule has 0 radical (unpaired) electrons. The first-order chi connectivity index (χ1) is 18.9. The van der Waals surface area contributed by atoms with Gasteiger partial charge in [0.1, 0.15) is 12.2 Å². The SMILES string of the molecule is CCOC(=O)Nc1ccc2c(COC(=O)CCCN3C(=O)c4cccc5cccc(c45)C3=O)cc(=O)oc2c1. The number of nitrogens with one attached hydrogen (secondary N) is 1. The van der Waals surface area contributed by atoms with E-state index in [1.807, 2.05) is 12.1 Å². The van der Waals surface area contributed by atoms with Crippen LogP contribution in [-0.4, -0.2) is 41.9 Å². The molecule has 39 heavy (non-hydrogen) atoms. The maximum atomic E-state index is 13.0. The van der Waals surface area contributed by atoms with Crippen LogP contribution < -0.4 is 10.9 Å². The van der Waals surface area contributed by atoms with Crippen molar-refractivity contribution in [3.05, 3.63) is 87.8 Å². The Morgan fingerprint density at radius 2 is 1.64 bits per heavy atom. The lowest BCUT2D eigenvalue weighted by Gasteiger charge is -2.27. The van der Waals surface area contributed by atoms with Crippen molar-refractivity contribution in [1.82, 2.24) is 4.90 Å². The average Bonchev–Trinajstić information content (AvgIpc) is 2.92. The second kappa shape index (κ2) is 10.8. The van der Waals surface area contributed by atoms with Crippen LogP contribution in [0.3, 0.4) is 0 Å². The number of carbonyl (C=O) groups is 4. The molecule has 1 aliphatic heterocycles. The third kappa shape index (κ3) is 5.22. The van der Waals surface area contributed by atoms with Gasteiger partial charge in [-0.25, -0.2) is 9.59 Å². The Balaban J connectivity index is 1.20. The van der Waals surface area contributed by atoms with E-state index in [1.165, 1.54) is 12.1 Å². The van der Waals surface area contributed by atoms with Crippen LogP contribution in [-0.2, 0) is 20.9 Å². The number of ether oxygens (including phenoxy) is 2. The molecular formula is C29H24N2O8. The maximum absolute atomic E-state index is 13.0. The summed E-state index contributed by atoms with van der Waals surface area (Å²) < 4.78 is 15.4. The number of amides is 3. The lowest BCUT2D eigenvalue weighted by Crippen LogP contribution is -2.41. The van der Waals surface area contributed by atoms with Gasteiger partial charge in [-0.05, 0) is 43.0 Å². The van der Waals surface area contributed by atoms with Crippen molar-refractivity contribution in [1.29, 1.82) is 0 Å². The van der Waals surface area contributed by atoms with Crippen molar-refractivity contribution in [2.45, 2.75) is 26.4 Å². The van der Waals surface area contributed by atoms with E-state index in [-0.39, 0.29) is 38.2 Å². The molecule has 1 aromatic heterocycles. The first kappa shape index (κ1) is 25.7. The molecule has 0 fully saturated rings. The van der Waals surface area contributed by atoms with E-state index in [2.05, 4.69) is 5.32 Å². The van der Waals surface area contributed by atoms with Gasteiger partial charge in [0.05, 0.1) is 6.61 Å². The molecule has 198 valence electrons. The summed E-state index contributed by atoms with van der Waals surface area (Å²) in [5, 5.41) is 4.54. The van der Waals surface area contributed by atoms with Gasteiger partial charge in [-0.2, -0.15) is 0 Å². The number of hydrogen-bond acceptors (Lipinski definition) is 8. The Kier molecular flexibility index (Phi) is 7.09. The van der Waals surface area contributed by atoms with Gasteiger partial charge < -0.3 is 13.9 Å². The molecule has 5 rings (SSSR count).